The third-order valence-corrected chi connectivity index (χ3v) is 9.30. The maximum absolute atomic E-state index is 5.19. The zero-order valence-corrected chi connectivity index (χ0v) is 24.3. The SMILES string of the molecule is c1ccc(-c2nc3ccccc3nc2-c2cccc(-n3c4cccc5c4c4c(cccc43)-c3cccc4cccc-5c34)c2)cc1. The van der Waals surface area contributed by atoms with Crippen LogP contribution < -0.4 is 0 Å². The fourth-order valence-corrected chi connectivity index (χ4v) is 7.42. The van der Waals surface area contributed by atoms with Crippen molar-refractivity contribution in [1.82, 2.24) is 14.5 Å². The molecule has 1 aliphatic rings. The fraction of sp³-hybridized carbons (Fsp3) is 0. The highest BCUT2D eigenvalue weighted by Gasteiger charge is 2.24. The molecule has 3 heteroatoms. The third kappa shape index (κ3) is 3.46. The minimum Gasteiger partial charge on any atom is -0.309 e. The molecule has 0 aliphatic heterocycles. The molecule has 45 heavy (non-hydrogen) atoms. The van der Waals surface area contributed by atoms with Gasteiger partial charge in [-0.15, -0.1) is 0 Å². The van der Waals surface area contributed by atoms with Crippen LogP contribution in [0.25, 0.3) is 94.1 Å². The van der Waals surface area contributed by atoms with Crippen molar-refractivity contribution in [2.45, 2.75) is 0 Å². The molecule has 0 atom stereocenters. The molecule has 0 bridgehead atoms. The van der Waals surface area contributed by atoms with Crippen LogP contribution in [0.1, 0.15) is 0 Å². The van der Waals surface area contributed by atoms with Gasteiger partial charge in [0.2, 0.25) is 0 Å². The van der Waals surface area contributed by atoms with Gasteiger partial charge in [0.25, 0.3) is 0 Å². The monoisotopic (exact) mass is 571 g/mol. The molecule has 0 saturated carbocycles. The summed E-state index contributed by atoms with van der Waals surface area (Å²) in [4.78, 5) is 10.3. The van der Waals surface area contributed by atoms with Crippen molar-refractivity contribution in [2.24, 2.45) is 0 Å². The zero-order chi connectivity index (χ0) is 29.5. The maximum atomic E-state index is 5.19. The summed E-state index contributed by atoms with van der Waals surface area (Å²) in [6.07, 6.45) is 0. The van der Waals surface area contributed by atoms with E-state index in [9.17, 15) is 0 Å². The Balaban J connectivity index is 1.27. The molecule has 0 spiro atoms. The molecule has 208 valence electrons. The maximum Gasteiger partial charge on any atom is 0.0973 e. The molecular weight excluding hydrogens is 546 g/mol. The predicted octanol–water partition coefficient (Wildman–Crippen LogP) is 10.9. The number of hydrogen-bond donors (Lipinski definition) is 0. The van der Waals surface area contributed by atoms with Crippen LogP contribution in [0.4, 0.5) is 0 Å². The second-order valence-corrected chi connectivity index (χ2v) is 11.8. The first kappa shape index (κ1) is 24.4. The predicted molar refractivity (Wildman–Crippen MR) is 187 cm³/mol. The first-order valence-corrected chi connectivity index (χ1v) is 15.4. The number of rotatable bonds is 3. The van der Waals surface area contributed by atoms with E-state index in [-0.39, 0.29) is 0 Å². The molecule has 10 rings (SSSR count). The van der Waals surface area contributed by atoms with Gasteiger partial charge in [0, 0.05) is 27.6 Å². The summed E-state index contributed by atoms with van der Waals surface area (Å²) in [6, 6.07) is 54.1. The van der Waals surface area contributed by atoms with Crippen molar-refractivity contribution in [3.05, 3.63) is 152 Å². The number of benzene rings is 7. The third-order valence-electron chi connectivity index (χ3n) is 9.30. The smallest absolute Gasteiger partial charge is 0.0973 e. The molecule has 2 heterocycles. The van der Waals surface area contributed by atoms with Gasteiger partial charge < -0.3 is 4.57 Å². The molecule has 9 aromatic rings. The summed E-state index contributed by atoms with van der Waals surface area (Å²) in [6.45, 7) is 0. The molecule has 0 radical (unpaired) electrons. The lowest BCUT2D eigenvalue weighted by Crippen LogP contribution is -1.98. The Morgan fingerprint density at radius 1 is 0.378 bits per heavy atom. The van der Waals surface area contributed by atoms with E-state index in [0.717, 1.165) is 39.2 Å². The summed E-state index contributed by atoms with van der Waals surface area (Å²) in [7, 11) is 0. The summed E-state index contributed by atoms with van der Waals surface area (Å²) in [5.74, 6) is 0. The van der Waals surface area contributed by atoms with Crippen LogP contribution in [0.15, 0.2) is 152 Å². The van der Waals surface area contributed by atoms with Crippen molar-refractivity contribution >= 4 is 43.6 Å². The minimum atomic E-state index is 0.880. The second-order valence-electron chi connectivity index (χ2n) is 11.8. The highest BCUT2D eigenvalue weighted by molar-refractivity contribution is 6.27. The Labute approximate surface area is 259 Å². The van der Waals surface area contributed by atoms with Gasteiger partial charge in [-0.2, -0.15) is 0 Å². The van der Waals surface area contributed by atoms with Crippen LogP contribution in [0.5, 0.6) is 0 Å². The van der Waals surface area contributed by atoms with Crippen molar-refractivity contribution in [3.63, 3.8) is 0 Å². The van der Waals surface area contributed by atoms with Crippen LogP contribution in [0.3, 0.4) is 0 Å². The molecule has 0 amide bonds. The average Bonchev–Trinajstić information content (AvgIpc) is 3.39. The fourth-order valence-electron chi connectivity index (χ4n) is 7.42. The van der Waals surface area contributed by atoms with Crippen molar-refractivity contribution in [3.8, 4) is 50.5 Å². The van der Waals surface area contributed by atoms with E-state index < -0.39 is 0 Å². The molecule has 0 N–H and O–H groups in total. The van der Waals surface area contributed by atoms with E-state index in [4.69, 9.17) is 9.97 Å². The number of aromatic nitrogens is 3. The van der Waals surface area contributed by atoms with Crippen molar-refractivity contribution in [2.75, 3.05) is 0 Å². The molecule has 2 aromatic heterocycles. The Kier molecular flexibility index (Phi) is 5.00. The van der Waals surface area contributed by atoms with Gasteiger partial charge in [0.1, 0.15) is 0 Å². The van der Waals surface area contributed by atoms with Gasteiger partial charge in [-0.25, -0.2) is 9.97 Å². The second kappa shape index (κ2) is 9.22. The van der Waals surface area contributed by atoms with E-state index >= 15 is 0 Å². The zero-order valence-electron chi connectivity index (χ0n) is 24.3. The van der Waals surface area contributed by atoms with Gasteiger partial charge >= 0.3 is 0 Å². The topological polar surface area (TPSA) is 30.7 Å². The van der Waals surface area contributed by atoms with Gasteiger partial charge in [0.05, 0.1) is 33.5 Å². The van der Waals surface area contributed by atoms with Crippen LogP contribution in [0, 0.1) is 0 Å². The highest BCUT2D eigenvalue weighted by atomic mass is 15.0. The number of para-hydroxylation sites is 2. The van der Waals surface area contributed by atoms with Crippen LogP contribution in [-0.4, -0.2) is 14.5 Å². The Bertz CT molecular complexity index is 2550. The van der Waals surface area contributed by atoms with E-state index in [1.54, 1.807) is 0 Å². The quantitative estimate of drug-likeness (QED) is 0.211. The lowest BCUT2D eigenvalue weighted by Gasteiger charge is -2.15. The van der Waals surface area contributed by atoms with Gasteiger partial charge in [-0.05, 0) is 69.4 Å². The lowest BCUT2D eigenvalue weighted by atomic mass is 9.93. The number of fused-ring (bicyclic) bond motifs is 3. The standard InChI is InChI=1S/C42H25N3/c1-2-11-27(12-3-1)41-42(44-35-22-5-4-21-34(35)43-41)28-15-6-16-29(25-28)45-36-23-9-19-32-30-17-7-13-26-14-8-18-31(38(26)30)33-20-10-24-37(45)40(33)39(32)36/h1-25H. The summed E-state index contributed by atoms with van der Waals surface area (Å²) >= 11 is 0. The van der Waals surface area contributed by atoms with E-state index in [0.29, 0.717) is 0 Å². The lowest BCUT2D eigenvalue weighted by molar-refractivity contribution is 1.18. The Hall–Kier alpha value is -6.06. The van der Waals surface area contributed by atoms with Crippen LogP contribution in [-0.2, 0) is 0 Å². The molecule has 0 saturated heterocycles. The van der Waals surface area contributed by atoms with Gasteiger partial charge in [-0.3, -0.25) is 0 Å². The highest BCUT2D eigenvalue weighted by Crippen LogP contribution is 2.49. The molecule has 1 aliphatic carbocycles. The average molecular weight is 572 g/mol. The molecule has 7 aromatic carbocycles. The Morgan fingerprint density at radius 3 is 1.49 bits per heavy atom. The number of hydrogen-bond acceptors (Lipinski definition) is 2. The molecule has 3 nitrogen and oxygen atoms in total. The van der Waals surface area contributed by atoms with Crippen LogP contribution in [0.2, 0.25) is 0 Å². The van der Waals surface area contributed by atoms with Gasteiger partial charge in [-0.1, -0.05) is 115 Å². The molecule has 0 unspecified atom stereocenters. The van der Waals surface area contributed by atoms with Crippen molar-refractivity contribution < 1.29 is 0 Å². The van der Waals surface area contributed by atoms with Crippen LogP contribution >= 0.6 is 0 Å². The van der Waals surface area contributed by atoms with E-state index in [1.165, 1.54) is 54.8 Å². The normalized spacial score (nSPS) is 12.0. The first-order chi connectivity index (χ1) is 22.3. The van der Waals surface area contributed by atoms with E-state index in [1.807, 2.05) is 30.3 Å². The van der Waals surface area contributed by atoms with Gasteiger partial charge in [0.15, 0.2) is 0 Å². The summed E-state index contributed by atoms with van der Waals surface area (Å²) in [5.41, 5.74) is 14.3. The minimum absolute atomic E-state index is 0.880. The molecular formula is C42H25N3. The summed E-state index contributed by atoms with van der Waals surface area (Å²) < 4.78 is 2.42. The largest absolute Gasteiger partial charge is 0.309 e. The summed E-state index contributed by atoms with van der Waals surface area (Å²) in [5, 5.41) is 5.20. The van der Waals surface area contributed by atoms with Crippen molar-refractivity contribution in [1.29, 1.82) is 0 Å². The number of nitrogens with zero attached hydrogens (tertiary/aromatic N) is 3. The van der Waals surface area contributed by atoms with E-state index in [2.05, 4.69) is 126 Å². The molecule has 0 fully saturated rings. The first-order valence-electron chi connectivity index (χ1n) is 15.4. The Morgan fingerprint density at radius 2 is 0.867 bits per heavy atom.